The third kappa shape index (κ3) is 6.40. The summed E-state index contributed by atoms with van der Waals surface area (Å²) in [6, 6.07) is 18.6. The molecule has 0 saturated carbocycles. The molecular weight excluding hydrogens is 681 g/mol. The number of ether oxygens (including phenoxy) is 1. The molecule has 3 rings (SSSR count). The summed E-state index contributed by atoms with van der Waals surface area (Å²) < 4.78 is 8.79. The molecule has 29 heavy (non-hydrogen) atoms. The summed E-state index contributed by atoms with van der Waals surface area (Å²) in [7, 11) is 0. The number of halogens is 4. The summed E-state index contributed by atoms with van der Waals surface area (Å²) in [5.41, 5.74) is 4.87. The molecule has 0 aliphatic rings. The zero-order valence-electron chi connectivity index (χ0n) is 14.8. The molecule has 3 aromatic rings. The number of carbonyl (C=O) groups is 1. The van der Waals surface area contributed by atoms with Gasteiger partial charge in [0.05, 0.1) is 13.4 Å². The molecule has 148 valence electrons. The third-order valence-electron chi connectivity index (χ3n) is 3.84. The van der Waals surface area contributed by atoms with Crippen molar-refractivity contribution in [2.45, 2.75) is 6.61 Å². The molecule has 0 aromatic heterocycles. The van der Waals surface area contributed by atoms with E-state index in [1.165, 1.54) is 0 Å². The van der Waals surface area contributed by atoms with Crippen molar-refractivity contribution in [2.75, 3.05) is 0 Å². The van der Waals surface area contributed by atoms with Crippen LogP contribution in [-0.4, -0.2) is 12.1 Å². The second-order valence-corrected chi connectivity index (χ2v) is 9.55. The largest absolute Gasteiger partial charge is 0.487 e. The molecule has 0 aliphatic heterocycles. The first-order valence-electron chi connectivity index (χ1n) is 8.38. The lowest BCUT2D eigenvalue weighted by Gasteiger charge is -2.12. The molecule has 0 aliphatic carbocycles. The summed E-state index contributed by atoms with van der Waals surface area (Å²) in [5, 5.41) is 4.74. The second kappa shape index (κ2) is 10.7. The molecule has 0 spiro atoms. The lowest BCUT2D eigenvalue weighted by atomic mass is 10.2. The van der Waals surface area contributed by atoms with E-state index in [0.717, 1.165) is 28.5 Å². The first-order chi connectivity index (χ1) is 13.9. The first-order valence-corrected chi connectivity index (χ1v) is 11.7. The van der Waals surface area contributed by atoms with Crippen molar-refractivity contribution in [2.24, 2.45) is 5.10 Å². The van der Waals surface area contributed by atoms with Crippen molar-refractivity contribution >= 4 is 84.8 Å². The molecule has 0 fully saturated rings. The van der Waals surface area contributed by atoms with Crippen LogP contribution in [0.1, 0.15) is 21.5 Å². The first kappa shape index (κ1) is 22.5. The number of hydrogen-bond donors (Lipinski definition) is 1. The van der Waals surface area contributed by atoms with E-state index in [1.54, 1.807) is 18.3 Å². The van der Waals surface area contributed by atoms with Gasteiger partial charge in [-0.25, -0.2) is 5.43 Å². The minimum absolute atomic E-state index is 0.266. The normalized spacial score (nSPS) is 10.9. The van der Waals surface area contributed by atoms with Crippen molar-refractivity contribution in [1.29, 1.82) is 0 Å². The minimum atomic E-state index is -0.266. The van der Waals surface area contributed by atoms with Crippen LogP contribution in [0.2, 0.25) is 5.02 Å². The molecule has 0 unspecified atom stereocenters. The highest BCUT2D eigenvalue weighted by molar-refractivity contribution is 14.1. The molecule has 8 heteroatoms. The number of hydrogen-bond acceptors (Lipinski definition) is 3. The van der Waals surface area contributed by atoms with Crippen LogP contribution < -0.4 is 10.2 Å². The molecule has 0 radical (unpaired) electrons. The molecule has 0 heterocycles. The van der Waals surface area contributed by atoms with Crippen LogP contribution in [0, 0.1) is 7.14 Å². The predicted molar refractivity (Wildman–Crippen MR) is 137 cm³/mol. The van der Waals surface area contributed by atoms with Crippen molar-refractivity contribution in [3.63, 3.8) is 0 Å². The highest BCUT2D eigenvalue weighted by Crippen LogP contribution is 2.30. The number of carbonyl (C=O) groups excluding carboxylic acids is 1. The smallest absolute Gasteiger partial charge is 0.271 e. The Morgan fingerprint density at radius 3 is 2.41 bits per heavy atom. The zero-order chi connectivity index (χ0) is 20.8. The van der Waals surface area contributed by atoms with Crippen molar-refractivity contribution in [3.8, 4) is 5.75 Å². The number of nitrogens with zero attached hydrogens (tertiary/aromatic N) is 1. The molecule has 1 N–H and O–H groups in total. The minimum Gasteiger partial charge on any atom is -0.487 e. The summed E-state index contributed by atoms with van der Waals surface area (Å²) in [6.07, 6.45) is 1.61. The monoisotopic (exact) mass is 694 g/mol. The van der Waals surface area contributed by atoms with E-state index in [2.05, 4.69) is 71.6 Å². The van der Waals surface area contributed by atoms with Gasteiger partial charge in [-0.3, -0.25) is 4.79 Å². The van der Waals surface area contributed by atoms with Crippen LogP contribution >= 0.6 is 72.7 Å². The Morgan fingerprint density at radius 1 is 1.10 bits per heavy atom. The molecule has 0 atom stereocenters. The maximum absolute atomic E-state index is 12.1. The number of hydrazone groups is 1. The van der Waals surface area contributed by atoms with Crippen molar-refractivity contribution < 1.29 is 9.53 Å². The molecule has 1 amide bonds. The maximum Gasteiger partial charge on any atom is 0.271 e. The van der Waals surface area contributed by atoms with Crippen LogP contribution in [0.15, 0.2) is 70.2 Å². The highest BCUT2D eigenvalue weighted by atomic mass is 127. The summed E-state index contributed by atoms with van der Waals surface area (Å²) in [5.74, 6) is 0.528. The summed E-state index contributed by atoms with van der Waals surface area (Å²) in [4.78, 5) is 12.1. The van der Waals surface area contributed by atoms with E-state index < -0.39 is 0 Å². The van der Waals surface area contributed by atoms with E-state index >= 15 is 0 Å². The fourth-order valence-electron chi connectivity index (χ4n) is 2.39. The van der Waals surface area contributed by atoms with Gasteiger partial charge in [0.2, 0.25) is 0 Å². The van der Waals surface area contributed by atoms with Gasteiger partial charge < -0.3 is 4.74 Å². The molecule has 0 bridgehead atoms. The quantitative estimate of drug-likeness (QED) is 0.178. The number of nitrogens with one attached hydrogen (secondary N) is 1. The summed E-state index contributed by atoms with van der Waals surface area (Å²) in [6.45, 7) is 0.391. The lowest BCUT2D eigenvalue weighted by Crippen LogP contribution is -2.17. The van der Waals surface area contributed by atoms with Gasteiger partial charge in [-0.05, 0) is 93.2 Å². The fraction of sp³-hybridized carbons (Fsp3) is 0.0476. The van der Waals surface area contributed by atoms with Gasteiger partial charge in [0.1, 0.15) is 12.4 Å². The van der Waals surface area contributed by atoms with Gasteiger partial charge in [0.25, 0.3) is 5.91 Å². The Labute approximate surface area is 209 Å². The molecule has 3 aromatic carbocycles. The average Bonchev–Trinajstić information content (AvgIpc) is 2.69. The number of amides is 1. The Kier molecular flexibility index (Phi) is 8.34. The van der Waals surface area contributed by atoms with Crippen molar-refractivity contribution in [1.82, 2.24) is 5.43 Å². The SMILES string of the molecule is O=C(N/N=C\c1cc(I)c(OCc2ccccc2Cl)c(I)c1)c1ccc(Br)cc1. The van der Waals surface area contributed by atoms with Gasteiger partial charge in [-0.1, -0.05) is 45.7 Å². The standard InChI is InChI=1S/C21H14BrClI2N2O2/c22-16-7-5-14(6-8-16)21(28)27-26-11-13-9-18(24)20(19(25)10-13)29-12-15-3-1-2-4-17(15)23/h1-11H,12H2,(H,27,28)/b26-11-. The van der Waals surface area contributed by atoms with Gasteiger partial charge in [-0.2, -0.15) is 5.10 Å². The Hall–Kier alpha value is -1.17. The van der Waals surface area contributed by atoms with Crippen LogP contribution in [0.25, 0.3) is 0 Å². The summed E-state index contributed by atoms with van der Waals surface area (Å²) >= 11 is 14.0. The van der Waals surface area contributed by atoms with E-state index in [9.17, 15) is 4.79 Å². The van der Waals surface area contributed by atoms with Crippen molar-refractivity contribution in [3.05, 3.63) is 94.0 Å². The predicted octanol–water partition coefficient (Wildman–Crippen LogP) is 6.65. The van der Waals surface area contributed by atoms with Gasteiger partial charge in [0.15, 0.2) is 0 Å². The van der Waals surface area contributed by atoms with E-state index in [-0.39, 0.29) is 5.91 Å². The number of rotatable bonds is 6. The highest BCUT2D eigenvalue weighted by Gasteiger charge is 2.10. The maximum atomic E-state index is 12.1. The lowest BCUT2D eigenvalue weighted by molar-refractivity contribution is 0.0955. The Morgan fingerprint density at radius 2 is 1.76 bits per heavy atom. The van der Waals surface area contributed by atoms with E-state index in [0.29, 0.717) is 17.2 Å². The van der Waals surface area contributed by atoms with Crippen LogP contribution in [0.5, 0.6) is 5.75 Å². The van der Waals surface area contributed by atoms with Gasteiger partial charge in [-0.15, -0.1) is 0 Å². The molecular formula is C21H14BrClI2N2O2. The van der Waals surface area contributed by atoms with Gasteiger partial charge in [0, 0.05) is 20.6 Å². The van der Waals surface area contributed by atoms with E-state index in [1.807, 2.05) is 48.5 Å². The zero-order valence-corrected chi connectivity index (χ0v) is 21.5. The van der Waals surface area contributed by atoms with Crippen LogP contribution in [-0.2, 0) is 6.61 Å². The fourth-order valence-corrected chi connectivity index (χ4v) is 4.97. The molecule has 4 nitrogen and oxygen atoms in total. The third-order valence-corrected chi connectivity index (χ3v) is 6.34. The van der Waals surface area contributed by atoms with E-state index in [4.69, 9.17) is 16.3 Å². The topological polar surface area (TPSA) is 50.7 Å². The van der Waals surface area contributed by atoms with Crippen LogP contribution in [0.3, 0.4) is 0 Å². The second-order valence-electron chi connectivity index (χ2n) is 5.90. The van der Waals surface area contributed by atoms with Crippen LogP contribution in [0.4, 0.5) is 0 Å². The Balaban J connectivity index is 1.65. The van der Waals surface area contributed by atoms with Gasteiger partial charge >= 0.3 is 0 Å². The Bertz CT molecular complexity index is 1040. The molecule has 0 saturated heterocycles. The number of benzene rings is 3. The average molecular weight is 696 g/mol.